The Morgan fingerprint density at radius 1 is 1.46 bits per heavy atom. The monoisotopic (exact) mass is 187 g/mol. The van der Waals surface area contributed by atoms with E-state index >= 15 is 0 Å². The Kier molecular flexibility index (Phi) is 2.91. The van der Waals surface area contributed by atoms with Crippen LogP contribution in [0.1, 0.15) is 39.5 Å². The highest BCUT2D eigenvalue weighted by Crippen LogP contribution is 2.34. The van der Waals surface area contributed by atoms with Gasteiger partial charge in [0, 0.05) is 24.7 Å². The second-order valence-electron chi connectivity index (χ2n) is 4.43. The molecule has 0 radical (unpaired) electrons. The number of hydrogen-bond acceptors (Lipinski definition) is 3. The number of nitro groups is 1. The van der Waals surface area contributed by atoms with Gasteiger partial charge in [0.25, 0.3) is 0 Å². The van der Waals surface area contributed by atoms with Crippen molar-refractivity contribution >= 4 is 0 Å². The highest BCUT2D eigenvalue weighted by molar-refractivity contribution is 4.83. The molecule has 0 heterocycles. The van der Waals surface area contributed by atoms with Crippen LogP contribution in [0.2, 0.25) is 0 Å². The van der Waals surface area contributed by atoms with Crippen LogP contribution in [0.25, 0.3) is 0 Å². The highest BCUT2D eigenvalue weighted by atomic mass is 16.6. The summed E-state index contributed by atoms with van der Waals surface area (Å²) in [7, 11) is 0. The first-order valence-electron chi connectivity index (χ1n) is 4.77. The lowest BCUT2D eigenvalue weighted by molar-refractivity contribution is -0.572. The quantitative estimate of drug-likeness (QED) is 0.527. The van der Waals surface area contributed by atoms with Crippen molar-refractivity contribution in [3.8, 4) is 0 Å². The number of aliphatic hydroxyl groups is 1. The van der Waals surface area contributed by atoms with Crippen LogP contribution in [-0.2, 0) is 0 Å². The second kappa shape index (κ2) is 3.62. The van der Waals surface area contributed by atoms with E-state index in [2.05, 4.69) is 0 Å². The summed E-state index contributed by atoms with van der Waals surface area (Å²) >= 11 is 0. The van der Waals surface area contributed by atoms with Gasteiger partial charge in [-0.15, -0.1) is 0 Å². The summed E-state index contributed by atoms with van der Waals surface area (Å²) in [6, 6.07) is 0. The fourth-order valence-electron chi connectivity index (χ4n) is 1.95. The molecule has 0 aromatic rings. The van der Waals surface area contributed by atoms with Crippen molar-refractivity contribution in [2.45, 2.75) is 51.2 Å². The van der Waals surface area contributed by atoms with Gasteiger partial charge in [-0.3, -0.25) is 10.1 Å². The van der Waals surface area contributed by atoms with E-state index in [4.69, 9.17) is 0 Å². The maximum Gasteiger partial charge on any atom is 0.219 e. The molecule has 1 aliphatic rings. The summed E-state index contributed by atoms with van der Waals surface area (Å²) in [5, 5.41) is 20.2. The first-order valence-corrected chi connectivity index (χ1v) is 4.77. The minimum atomic E-state index is -0.887. The number of hydrogen-bond donors (Lipinski definition) is 1. The van der Waals surface area contributed by atoms with Crippen LogP contribution in [0, 0.1) is 16.0 Å². The molecule has 2 atom stereocenters. The van der Waals surface area contributed by atoms with E-state index in [9.17, 15) is 15.2 Å². The Labute approximate surface area is 78.1 Å². The molecule has 0 saturated heterocycles. The zero-order valence-electron chi connectivity index (χ0n) is 8.19. The second-order valence-corrected chi connectivity index (χ2v) is 4.43. The average molecular weight is 187 g/mol. The van der Waals surface area contributed by atoms with Gasteiger partial charge in [0.1, 0.15) is 0 Å². The largest absolute Gasteiger partial charge is 0.393 e. The first-order chi connectivity index (χ1) is 5.94. The molecule has 4 nitrogen and oxygen atoms in total. The molecule has 0 aromatic heterocycles. The molecule has 1 N–H and O–H groups in total. The van der Waals surface area contributed by atoms with E-state index in [-0.39, 0.29) is 16.9 Å². The summed E-state index contributed by atoms with van der Waals surface area (Å²) in [4.78, 5) is 10.5. The zero-order chi connectivity index (χ0) is 10.1. The average Bonchev–Trinajstić information content (AvgIpc) is 2.04. The molecule has 0 amide bonds. The summed E-state index contributed by atoms with van der Waals surface area (Å²) in [5.41, 5.74) is -0.887. The molecule has 0 spiro atoms. The molecule has 1 aliphatic carbocycles. The SMILES string of the molecule is CC(C)(C1CCCC(O)C1)[N+](=O)[O-]. The van der Waals surface area contributed by atoms with E-state index in [1.54, 1.807) is 13.8 Å². The molecule has 13 heavy (non-hydrogen) atoms. The summed E-state index contributed by atoms with van der Waals surface area (Å²) in [6.07, 6.45) is 2.81. The molecule has 0 bridgehead atoms. The molecular weight excluding hydrogens is 170 g/mol. The van der Waals surface area contributed by atoms with Crippen molar-refractivity contribution in [3.05, 3.63) is 10.1 Å². The molecule has 1 fully saturated rings. The Morgan fingerprint density at radius 3 is 2.54 bits per heavy atom. The predicted octanol–water partition coefficient (Wildman–Crippen LogP) is 1.59. The van der Waals surface area contributed by atoms with E-state index < -0.39 is 5.54 Å². The lowest BCUT2D eigenvalue weighted by Gasteiger charge is -2.32. The van der Waals surface area contributed by atoms with Crippen molar-refractivity contribution < 1.29 is 10.0 Å². The van der Waals surface area contributed by atoms with Gasteiger partial charge in [0.2, 0.25) is 5.54 Å². The standard InChI is InChI=1S/C9H17NO3/c1-9(2,10(12)13)7-4-3-5-8(11)6-7/h7-8,11H,3-6H2,1-2H3. The summed E-state index contributed by atoms with van der Waals surface area (Å²) < 4.78 is 0. The van der Waals surface area contributed by atoms with Crippen molar-refractivity contribution in [2.75, 3.05) is 0 Å². The van der Waals surface area contributed by atoms with Gasteiger partial charge in [0.05, 0.1) is 6.10 Å². The molecule has 0 aromatic carbocycles. The Balaban J connectivity index is 2.64. The fraction of sp³-hybridized carbons (Fsp3) is 1.00. The van der Waals surface area contributed by atoms with Crippen LogP contribution >= 0.6 is 0 Å². The van der Waals surface area contributed by atoms with Gasteiger partial charge in [-0.05, 0) is 19.3 Å². The minimum Gasteiger partial charge on any atom is -0.393 e. The third kappa shape index (κ3) is 2.18. The molecule has 1 saturated carbocycles. The number of aliphatic hydroxyl groups excluding tert-OH is 1. The smallest absolute Gasteiger partial charge is 0.219 e. The van der Waals surface area contributed by atoms with E-state index in [0.717, 1.165) is 19.3 Å². The zero-order valence-corrected chi connectivity index (χ0v) is 8.19. The number of nitrogens with zero attached hydrogens (tertiary/aromatic N) is 1. The van der Waals surface area contributed by atoms with Crippen LogP contribution < -0.4 is 0 Å². The third-order valence-electron chi connectivity index (χ3n) is 3.12. The van der Waals surface area contributed by atoms with Crippen LogP contribution in [-0.4, -0.2) is 21.7 Å². The highest BCUT2D eigenvalue weighted by Gasteiger charge is 2.42. The predicted molar refractivity (Wildman–Crippen MR) is 49.0 cm³/mol. The lowest BCUT2D eigenvalue weighted by atomic mass is 9.76. The van der Waals surface area contributed by atoms with Crippen LogP contribution in [0.5, 0.6) is 0 Å². The van der Waals surface area contributed by atoms with Gasteiger partial charge in [-0.25, -0.2) is 0 Å². The Morgan fingerprint density at radius 2 is 2.08 bits per heavy atom. The lowest BCUT2D eigenvalue weighted by Crippen LogP contribution is -2.42. The molecule has 1 rings (SSSR count). The molecule has 76 valence electrons. The maximum absolute atomic E-state index is 10.8. The normalized spacial score (nSPS) is 30.1. The molecule has 2 unspecified atom stereocenters. The van der Waals surface area contributed by atoms with E-state index in [1.807, 2.05) is 0 Å². The summed E-state index contributed by atoms with van der Waals surface area (Å²) in [5.74, 6) is 0.0197. The topological polar surface area (TPSA) is 63.4 Å². The van der Waals surface area contributed by atoms with Gasteiger partial charge in [-0.2, -0.15) is 0 Å². The summed E-state index contributed by atoms with van der Waals surface area (Å²) in [6.45, 7) is 3.30. The molecule has 4 heteroatoms. The Hall–Kier alpha value is -0.640. The van der Waals surface area contributed by atoms with Gasteiger partial charge < -0.3 is 5.11 Å². The van der Waals surface area contributed by atoms with Crippen molar-refractivity contribution in [3.63, 3.8) is 0 Å². The van der Waals surface area contributed by atoms with Crippen molar-refractivity contribution in [1.82, 2.24) is 0 Å². The fourth-order valence-corrected chi connectivity index (χ4v) is 1.95. The van der Waals surface area contributed by atoms with E-state index in [0.29, 0.717) is 6.42 Å². The van der Waals surface area contributed by atoms with E-state index in [1.165, 1.54) is 0 Å². The van der Waals surface area contributed by atoms with Crippen LogP contribution in [0.4, 0.5) is 0 Å². The van der Waals surface area contributed by atoms with Crippen molar-refractivity contribution in [1.29, 1.82) is 0 Å². The molecular formula is C9H17NO3. The Bertz CT molecular complexity index is 203. The molecule has 0 aliphatic heterocycles. The van der Waals surface area contributed by atoms with Gasteiger partial charge in [-0.1, -0.05) is 6.42 Å². The van der Waals surface area contributed by atoms with Gasteiger partial charge in [0.15, 0.2) is 0 Å². The number of rotatable bonds is 2. The maximum atomic E-state index is 10.8. The van der Waals surface area contributed by atoms with Crippen molar-refractivity contribution in [2.24, 2.45) is 5.92 Å². The van der Waals surface area contributed by atoms with Crippen LogP contribution in [0.15, 0.2) is 0 Å². The minimum absolute atomic E-state index is 0.0197. The third-order valence-corrected chi connectivity index (χ3v) is 3.12. The first kappa shape index (κ1) is 10.4. The van der Waals surface area contributed by atoms with Crippen LogP contribution in [0.3, 0.4) is 0 Å². The van der Waals surface area contributed by atoms with Gasteiger partial charge >= 0.3 is 0 Å².